The number of aromatic hydroxyl groups is 1. The molecule has 0 aliphatic carbocycles. The second kappa shape index (κ2) is 9.41. The number of benzene rings is 2. The van der Waals surface area contributed by atoms with Crippen LogP contribution in [-0.4, -0.2) is 67.7 Å². The van der Waals surface area contributed by atoms with Gasteiger partial charge in [-0.15, -0.1) is 0 Å². The van der Waals surface area contributed by atoms with Gasteiger partial charge in [-0.25, -0.2) is 0 Å². The van der Waals surface area contributed by atoms with Crippen LogP contribution in [0.4, 0.5) is 0 Å². The number of aromatic amines is 1. The summed E-state index contributed by atoms with van der Waals surface area (Å²) in [5, 5.41) is 17.8. The van der Waals surface area contributed by atoms with Crippen LogP contribution in [0.25, 0.3) is 11.3 Å². The monoisotopic (exact) mass is 453 g/mol. The smallest absolute Gasteiger partial charge is 0.273 e. The molecule has 1 aromatic heterocycles. The number of nitrogens with zero attached hydrogens (tertiary/aromatic N) is 2. The maximum absolute atomic E-state index is 13.4. The Morgan fingerprint density at radius 1 is 1.06 bits per heavy atom. The third kappa shape index (κ3) is 3.84. The summed E-state index contributed by atoms with van der Waals surface area (Å²) in [4.78, 5) is 15.2. The average molecular weight is 453 g/mol. The first-order chi connectivity index (χ1) is 16.0. The van der Waals surface area contributed by atoms with Crippen molar-refractivity contribution in [3.63, 3.8) is 0 Å². The Kier molecular flexibility index (Phi) is 6.41. The Labute approximate surface area is 191 Å². The van der Waals surface area contributed by atoms with Gasteiger partial charge in [0.1, 0.15) is 17.1 Å². The van der Waals surface area contributed by atoms with Gasteiger partial charge in [-0.2, -0.15) is 5.10 Å². The molecule has 1 aliphatic rings. The van der Waals surface area contributed by atoms with Crippen LogP contribution in [0.5, 0.6) is 23.0 Å². The van der Waals surface area contributed by atoms with Crippen molar-refractivity contribution in [2.45, 2.75) is 12.5 Å². The zero-order valence-corrected chi connectivity index (χ0v) is 19.0. The van der Waals surface area contributed by atoms with Gasteiger partial charge in [0.25, 0.3) is 5.91 Å². The number of amides is 1. The molecule has 1 aliphatic heterocycles. The zero-order chi connectivity index (χ0) is 23.5. The summed E-state index contributed by atoms with van der Waals surface area (Å²) in [5.41, 5.74) is 2.91. The highest BCUT2D eigenvalue weighted by Crippen LogP contribution is 2.48. The van der Waals surface area contributed by atoms with Gasteiger partial charge in [0.2, 0.25) is 5.75 Å². The van der Waals surface area contributed by atoms with E-state index in [-0.39, 0.29) is 11.7 Å². The lowest BCUT2D eigenvalue weighted by molar-refractivity contribution is 0.0723. The number of fused-ring (bicyclic) bond motifs is 1. The molecular weight excluding hydrogens is 426 g/mol. The predicted molar refractivity (Wildman–Crippen MR) is 121 cm³/mol. The van der Waals surface area contributed by atoms with Crippen LogP contribution in [0.15, 0.2) is 36.4 Å². The molecule has 0 fully saturated rings. The Bertz CT molecular complexity index is 1130. The quantitative estimate of drug-likeness (QED) is 0.478. The van der Waals surface area contributed by atoms with E-state index in [4.69, 9.17) is 18.9 Å². The highest BCUT2D eigenvalue weighted by Gasteiger charge is 2.42. The van der Waals surface area contributed by atoms with E-state index in [1.54, 1.807) is 51.5 Å². The van der Waals surface area contributed by atoms with E-state index in [2.05, 4.69) is 10.2 Å². The molecule has 4 rings (SSSR count). The molecule has 1 atom stereocenters. The molecule has 33 heavy (non-hydrogen) atoms. The number of methoxy groups -OCH3 is 4. The number of carbonyl (C=O) groups excluding carboxylic acids is 1. The molecule has 0 radical (unpaired) electrons. The summed E-state index contributed by atoms with van der Waals surface area (Å²) < 4.78 is 21.8. The van der Waals surface area contributed by atoms with E-state index in [0.29, 0.717) is 59.3 Å². The topological polar surface area (TPSA) is 106 Å². The van der Waals surface area contributed by atoms with Gasteiger partial charge in [-0.05, 0) is 36.2 Å². The SMILES string of the molecule is COCCCN1C(=O)c2[nH]nc(-c3ccccc3O)c2C1c1cc(OC)c(OC)c(OC)c1. The Hall–Kier alpha value is -3.72. The number of carbonyl (C=O) groups is 1. The number of phenolic OH excluding ortho intramolecular Hbond substituents is 1. The van der Waals surface area contributed by atoms with E-state index >= 15 is 0 Å². The van der Waals surface area contributed by atoms with Crippen molar-refractivity contribution < 1.29 is 28.8 Å². The van der Waals surface area contributed by atoms with Crippen molar-refractivity contribution in [2.75, 3.05) is 41.6 Å². The average Bonchev–Trinajstić information content (AvgIpc) is 3.37. The Balaban J connectivity index is 1.91. The summed E-state index contributed by atoms with van der Waals surface area (Å²) in [6, 6.07) is 10.1. The first kappa shape index (κ1) is 22.5. The molecule has 174 valence electrons. The van der Waals surface area contributed by atoms with Gasteiger partial charge in [0.15, 0.2) is 11.5 Å². The third-order valence-corrected chi connectivity index (χ3v) is 5.77. The summed E-state index contributed by atoms with van der Waals surface area (Å²) in [7, 11) is 6.27. The van der Waals surface area contributed by atoms with Gasteiger partial charge in [-0.1, -0.05) is 12.1 Å². The van der Waals surface area contributed by atoms with Gasteiger partial charge in [0.05, 0.1) is 27.4 Å². The molecule has 1 unspecified atom stereocenters. The molecule has 1 amide bonds. The number of aromatic nitrogens is 2. The van der Waals surface area contributed by atoms with E-state index in [1.165, 1.54) is 0 Å². The van der Waals surface area contributed by atoms with Gasteiger partial charge in [-0.3, -0.25) is 9.89 Å². The molecule has 0 spiro atoms. The van der Waals surface area contributed by atoms with Crippen LogP contribution in [0, 0.1) is 0 Å². The van der Waals surface area contributed by atoms with Crippen molar-refractivity contribution in [1.82, 2.24) is 15.1 Å². The number of H-pyrrole nitrogens is 1. The van der Waals surface area contributed by atoms with E-state index in [9.17, 15) is 9.90 Å². The number of para-hydroxylation sites is 1. The molecule has 2 aromatic carbocycles. The Morgan fingerprint density at radius 2 is 1.76 bits per heavy atom. The molecule has 0 bridgehead atoms. The summed E-state index contributed by atoms with van der Waals surface area (Å²) in [6.45, 7) is 0.987. The predicted octanol–water partition coefficient (Wildman–Crippen LogP) is 3.39. The maximum Gasteiger partial charge on any atom is 0.273 e. The minimum Gasteiger partial charge on any atom is -0.507 e. The van der Waals surface area contributed by atoms with Crippen LogP contribution >= 0.6 is 0 Å². The number of phenols is 1. The normalized spacial score (nSPS) is 15.0. The van der Waals surface area contributed by atoms with Crippen LogP contribution < -0.4 is 14.2 Å². The standard InChI is InChI=1S/C24H27N3O6/c1-30-11-7-10-27-22(14-12-17(31-2)23(33-4)18(13-14)32-3)19-20(25-26-21(19)24(27)29)15-8-5-6-9-16(15)28/h5-6,8-9,12-13,22,28H,7,10-11H2,1-4H3,(H,25,26). The number of nitrogens with one attached hydrogen (secondary N) is 1. The van der Waals surface area contributed by atoms with Crippen molar-refractivity contribution in [3.8, 4) is 34.3 Å². The number of hydrogen-bond acceptors (Lipinski definition) is 7. The lowest BCUT2D eigenvalue weighted by Gasteiger charge is -2.27. The van der Waals surface area contributed by atoms with E-state index in [0.717, 1.165) is 5.56 Å². The molecule has 0 saturated carbocycles. The van der Waals surface area contributed by atoms with Gasteiger partial charge in [0, 0.05) is 31.4 Å². The molecular formula is C24H27N3O6. The van der Waals surface area contributed by atoms with E-state index in [1.807, 2.05) is 18.2 Å². The second-order valence-electron chi connectivity index (χ2n) is 7.58. The largest absolute Gasteiger partial charge is 0.507 e. The lowest BCUT2D eigenvalue weighted by atomic mass is 9.95. The van der Waals surface area contributed by atoms with Crippen LogP contribution in [-0.2, 0) is 4.74 Å². The van der Waals surface area contributed by atoms with Crippen LogP contribution in [0.3, 0.4) is 0 Å². The highest BCUT2D eigenvalue weighted by molar-refractivity contribution is 6.00. The molecule has 2 N–H and O–H groups in total. The summed E-state index contributed by atoms with van der Waals surface area (Å²) in [6.07, 6.45) is 0.660. The Morgan fingerprint density at radius 3 is 2.36 bits per heavy atom. The first-order valence-corrected chi connectivity index (χ1v) is 10.5. The zero-order valence-electron chi connectivity index (χ0n) is 19.0. The fraction of sp³-hybridized carbons (Fsp3) is 0.333. The fourth-order valence-electron chi connectivity index (χ4n) is 4.29. The first-order valence-electron chi connectivity index (χ1n) is 10.5. The molecule has 0 saturated heterocycles. The molecule has 3 aromatic rings. The minimum absolute atomic E-state index is 0.0840. The minimum atomic E-state index is -0.480. The number of rotatable bonds is 9. The number of ether oxygens (including phenoxy) is 4. The molecule has 9 nitrogen and oxygen atoms in total. The molecule has 2 heterocycles. The number of hydrogen-bond donors (Lipinski definition) is 2. The van der Waals surface area contributed by atoms with Crippen molar-refractivity contribution in [1.29, 1.82) is 0 Å². The fourth-order valence-corrected chi connectivity index (χ4v) is 4.29. The van der Waals surface area contributed by atoms with Crippen molar-refractivity contribution in [2.24, 2.45) is 0 Å². The van der Waals surface area contributed by atoms with Crippen molar-refractivity contribution >= 4 is 5.91 Å². The van der Waals surface area contributed by atoms with Crippen molar-refractivity contribution in [3.05, 3.63) is 53.2 Å². The second-order valence-corrected chi connectivity index (χ2v) is 7.58. The van der Waals surface area contributed by atoms with Crippen LogP contribution in [0.1, 0.15) is 34.1 Å². The third-order valence-electron chi connectivity index (χ3n) is 5.77. The highest BCUT2D eigenvalue weighted by atomic mass is 16.5. The summed E-state index contributed by atoms with van der Waals surface area (Å²) >= 11 is 0. The summed E-state index contributed by atoms with van der Waals surface area (Å²) in [5.74, 6) is 1.34. The lowest BCUT2D eigenvalue weighted by Crippen LogP contribution is -2.31. The molecule has 9 heteroatoms. The maximum atomic E-state index is 13.4. The van der Waals surface area contributed by atoms with E-state index < -0.39 is 6.04 Å². The van der Waals surface area contributed by atoms with Gasteiger partial charge < -0.3 is 29.0 Å². The van der Waals surface area contributed by atoms with Crippen LogP contribution in [0.2, 0.25) is 0 Å². The van der Waals surface area contributed by atoms with Gasteiger partial charge >= 0.3 is 0 Å².